The number of hydrogen-bond donors (Lipinski definition) is 1. The number of nitrogens with one attached hydrogen (secondary N) is 1. The Bertz CT molecular complexity index is 593. The Morgan fingerprint density at radius 2 is 2.25 bits per heavy atom. The zero-order valence-electron chi connectivity index (χ0n) is 11.4. The highest BCUT2D eigenvalue weighted by Crippen LogP contribution is 2.28. The van der Waals surface area contributed by atoms with Gasteiger partial charge in [-0.1, -0.05) is 11.6 Å². The zero-order valence-corrected chi connectivity index (χ0v) is 12.2. The van der Waals surface area contributed by atoms with E-state index in [4.69, 9.17) is 20.8 Å². The van der Waals surface area contributed by atoms with Crippen molar-refractivity contribution >= 4 is 17.5 Å². The van der Waals surface area contributed by atoms with Crippen LogP contribution in [0.1, 0.15) is 16.9 Å². The maximum atomic E-state index is 11.9. The average Bonchev–Trinajstić information content (AvgIpc) is 2.93. The van der Waals surface area contributed by atoms with Crippen LogP contribution < -0.4 is 10.1 Å². The molecule has 1 aromatic heterocycles. The minimum Gasteiger partial charge on any atom is -0.495 e. The Labute approximate surface area is 122 Å². The SMILES string of the molecule is COc1cc(C)c(CC(=O)NCc2ccco2)cc1Cl. The van der Waals surface area contributed by atoms with Crippen molar-refractivity contribution in [2.75, 3.05) is 7.11 Å². The summed E-state index contributed by atoms with van der Waals surface area (Å²) in [6.07, 6.45) is 1.85. The molecule has 0 fully saturated rings. The number of aryl methyl sites for hydroxylation is 1. The largest absolute Gasteiger partial charge is 0.495 e. The van der Waals surface area contributed by atoms with Gasteiger partial charge >= 0.3 is 0 Å². The lowest BCUT2D eigenvalue weighted by molar-refractivity contribution is -0.120. The predicted molar refractivity (Wildman–Crippen MR) is 77.0 cm³/mol. The van der Waals surface area contributed by atoms with E-state index in [2.05, 4.69) is 5.32 Å². The van der Waals surface area contributed by atoms with Crippen molar-refractivity contribution in [2.24, 2.45) is 0 Å². The van der Waals surface area contributed by atoms with Crippen molar-refractivity contribution in [3.05, 3.63) is 52.4 Å². The van der Waals surface area contributed by atoms with Crippen LogP contribution in [0, 0.1) is 6.92 Å². The lowest BCUT2D eigenvalue weighted by Gasteiger charge is -2.10. The quantitative estimate of drug-likeness (QED) is 0.921. The van der Waals surface area contributed by atoms with Gasteiger partial charge in [0.2, 0.25) is 5.91 Å². The first-order valence-corrected chi connectivity index (χ1v) is 6.60. The van der Waals surface area contributed by atoms with Gasteiger partial charge in [-0.25, -0.2) is 0 Å². The molecule has 0 aliphatic carbocycles. The van der Waals surface area contributed by atoms with Crippen LogP contribution in [0.15, 0.2) is 34.9 Å². The van der Waals surface area contributed by atoms with Gasteiger partial charge in [-0.15, -0.1) is 0 Å². The van der Waals surface area contributed by atoms with Crippen molar-refractivity contribution in [2.45, 2.75) is 19.9 Å². The third-order valence-corrected chi connectivity index (χ3v) is 3.30. The molecule has 5 heteroatoms. The molecule has 1 amide bonds. The van der Waals surface area contributed by atoms with Crippen LogP contribution in [0.4, 0.5) is 0 Å². The summed E-state index contributed by atoms with van der Waals surface area (Å²) in [5.41, 5.74) is 1.85. The normalized spacial score (nSPS) is 10.3. The number of carbonyl (C=O) groups is 1. The number of carbonyl (C=O) groups excluding carboxylic acids is 1. The average molecular weight is 294 g/mol. The summed E-state index contributed by atoms with van der Waals surface area (Å²) in [7, 11) is 1.57. The first-order chi connectivity index (χ1) is 9.60. The molecule has 1 aromatic carbocycles. The summed E-state index contributed by atoms with van der Waals surface area (Å²) < 4.78 is 10.3. The monoisotopic (exact) mass is 293 g/mol. The van der Waals surface area contributed by atoms with E-state index in [1.54, 1.807) is 25.5 Å². The second-order valence-electron chi connectivity index (χ2n) is 4.45. The fourth-order valence-corrected chi connectivity index (χ4v) is 2.14. The Morgan fingerprint density at radius 1 is 1.45 bits per heavy atom. The molecule has 0 aliphatic rings. The van der Waals surface area contributed by atoms with Crippen molar-refractivity contribution in [1.29, 1.82) is 0 Å². The van der Waals surface area contributed by atoms with Gasteiger partial charge in [0.25, 0.3) is 0 Å². The molecule has 4 nitrogen and oxygen atoms in total. The third-order valence-electron chi connectivity index (χ3n) is 3.00. The first-order valence-electron chi connectivity index (χ1n) is 6.22. The standard InChI is InChI=1S/C15H16ClNO3/c1-10-6-14(19-2)13(16)7-11(10)8-15(18)17-9-12-4-3-5-20-12/h3-7H,8-9H2,1-2H3,(H,17,18). The molecule has 0 saturated heterocycles. The van der Waals surface area contributed by atoms with Crippen molar-refractivity contribution in [3.63, 3.8) is 0 Å². The van der Waals surface area contributed by atoms with Crippen LogP contribution in [0.25, 0.3) is 0 Å². The van der Waals surface area contributed by atoms with Crippen molar-refractivity contribution in [1.82, 2.24) is 5.32 Å². The van der Waals surface area contributed by atoms with Crippen LogP contribution >= 0.6 is 11.6 Å². The van der Waals surface area contributed by atoms with Crippen LogP contribution in [0.2, 0.25) is 5.02 Å². The number of ether oxygens (including phenoxy) is 1. The van der Waals surface area contributed by atoms with Crippen LogP contribution in [0.3, 0.4) is 0 Å². The molecule has 0 spiro atoms. The molecule has 0 atom stereocenters. The number of rotatable bonds is 5. The molecule has 2 rings (SSSR count). The van der Waals surface area contributed by atoms with Gasteiger partial charge < -0.3 is 14.5 Å². The lowest BCUT2D eigenvalue weighted by atomic mass is 10.0. The highest BCUT2D eigenvalue weighted by molar-refractivity contribution is 6.32. The van der Waals surface area contributed by atoms with E-state index in [0.717, 1.165) is 16.9 Å². The summed E-state index contributed by atoms with van der Waals surface area (Å²) >= 11 is 6.07. The van der Waals surface area contributed by atoms with Crippen molar-refractivity contribution < 1.29 is 13.9 Å². The molecule has 0 saturated carbocycles. The van der Waals surface area contributed by atoms with Crippen LogP contribution in [0.5, 0.6) is 5.75 Å². The fraction of sp³-hybridized carbons (Fsp3) is 0.267. The molecule has 0 aliphatic heterocycles. The van der Waals surface area contributed by atoms with Gasteiger partial charge in [-0.05, 0) is 42.3 Å². The topological polar surface area (TPSA) is 51.5 Å². The summed E-state index contributed by atoms with van der Waals surface area (Å²) in [6.45, 7) is 2.31. The van der Waals surface area contributed by atoms with E-state index in [0.29, 0.717) is 17.3 Å². The Morgan fingerprint density at radius 3 is 2.90 bits per heavy atom. The maximum Gasteiger partial charge on any atom is 0.224 e. The lowest BCUT2D eigenvalue weighted by Crippen LogP contribution is -2.24. The number of benzene rings is 1. The molecular weight excluding hydrogens is 278 g/mol. The zero-order chi connectivity index (χ0) is 14.5. The number of methoxy groups -OCH3 is 1. The molecule has 0 bridgehead atoms. The van der Waals surface area contributed by atoms with Crippen LogP contribution in [-0.2, 0) is 17.8 Å². The van der Waals surface area contributed by atoms with E-state index < -0.39 is 0 Å². The van der Waals surface area contributed by atoms with E-state index in [1.165, 1.54) is 0 Å². The molecular formula is C15H16ClNO3. The van der Waals surface area contributed by atoms with Gasteiger partial charge in [-0.2, -0.15) is 0 Å². The van der Waals surface area contributed by atoms with Crippen molar-refractivity contribution in [3.8, 4) is 5.75 Å². The van der Waals surface area contributed by atoms with Crippen LogP contribution in [-0.4, -0.2) is 13.0 Å². The Hall–Kier alpha value is -1.94. The summed E-state index contributed by atoms with van der Waals surface area (Å²) in [6, 6.07) is 7.20. The van der Waals surface area contributed by atoms with E-state index in [1.807, 2.05) is 19.1 Å². The Kier molecular flexibility index (Phi) is 4.69. The minimum atomic E-state index is -0.0780. The van der Waals surface area contributed by atoms with E-state index in [-0.39, 0.29) is 12.3 Å². The molecule has 0 radical (unpaired) electrons. The highest BCUT2D eigenvalue weighted by atomic mass is 35.5. The molecule has 106 valence electrons. The first kappa shape index (κ1) is 14.5. The second-order valence-corrected chi connectivity index (χ2v) is 4.85. The number of amides is 1. The van der Waals surface area contributed by atoms with Gasteiger partial charge in [0.05, 0.1) is 31.4 Å². The summed E-state index contributed by atoms with van der Waals surface area (Å²) in [5.74, 6) is 1.26. The molecule has 2 aromatic rings. The third kappa shape index (κ3) is 3.54. The Balaban J connectivity index is 1.99. The fourth-order valence-electron chi connectivity index (χ4n) is 1.88. The van der Waals surface area contributed by atoms with Gasteiger partial charge in [0.1, 0.15) is 11.5 Å². The maximum absolute atomic E-state index is 11.9. The highest BCUT2D eigenvalue weighted by Gasteiger charge is 2.10. The molecule has 1 N–H and O–H groups in total. The summed E-state index contributed by atoms with van der Waals surface area (Å²) in [5, 5.41) is 3.31. The van der Waals surface area contributed by atoms with Gasteiger partial charge in [0, 0.05) is 0 Å². The predicted octanol–water partition coefficient (Wildman–Crippen LogP) is 3.11. The van der Waals surface area contributed by atoms with Gasteiger partial charge in [-0.3, -0.25) is 4.79 Å². The number of halogens is 1. The van der Waals surface area contributed by atoms with E-state index >= 15 is 0 Å². The molecule has 1 heterocycles. The minimum absolute atomic E-state index is 0.0780. The number of hydrogen-bond acceptors (Lipinski definition) is 3. The molecule has 20 heavy (non-hydrogen) atoms. The second kappa shape index (κ2) is 6.48. The van der Waals surface area contributed by atoms with Gasteiger partial charge in [0.15, 0.2) is 0 Å². The molecule has 0 unspecified atom stereocenters. The number of furan rings is 1. The van der Waals surface area contributed by atoms with E-state index in [9.17, 15) is 4.79 Å². The summed E-state index contributed by atoms with van der Waals surface area (Å²) in [4.78, 5) is 11.9. The smallest absolute Gasteiger partial charge is 0.224 e.